The molecular formula is C20H18ClN5O5. The van der Waals surface area contributed by atoms with E-state index in [0.717, 1.165) is 4.90 Å². The Morgan fingerprint density at radius 2 is 1.84 bits per heavy atom. The van der Waals surface area contributed by atoms with E-state index in [1.54, 1.807) is 42.5 Å². The molecule has 1 N–H and O–H groups in total. The summed E-state index contributed by atoms with van der Waals surface area (Å²) in [4.78, 5) is 39.2. The molecule has 3 amide bonds. The molecule has 0 spiro atoms. The van der Waals surface area contributed by atoms with Crippen molar-refractivity contribution >= 4 is 40.7 Å². The largest absolute Gasteiger partial charge is 0.497 e. The Hall–Kier alpha value is -3.66. The molecule has 31 heavy (non-hydrogen) atoms. The zero-order valence-electron chi connectivity index (χ0n) is 16.6. The van der Waals surface area contributed by atoms with Crippen molar-refractivity contribution in [3.05, 3.63) is 47.5 Å². The zero-order chi connectivity index (χ0) is 22.1. The van der Waals surface area contributed by atoms with Gasteiger partial charge in [-0.3, -0.25) is 19.4 Å². The monoisotopic (exact) mass is 443 g/mol. The van der Waals surface area contributed by atoms with Crippen LogP contribution in [0.3, 0.4) is 0 Å². The maximum absolute atomic E-state index is 13.0. The highest BCUT2D eigenvalue weighted by Gasteiger charge is 2.55. The number of nitrogens with one attached hydrogen (secondary N) is 1. The van der Waals surface area contributed by atoms with Crippen molar-refractivity contribution in [1.82, 2.24) is 5.01 Å². The first-order chi connectivity index (χ1) is 14.9. The van der Waals surface area contributed by atoms with Gasteiger partial charge in [0.1, 0.15) is 18.0 Å². The highest BCUT2D eigenvalue weighted by Crippen LogP contribution is 2.32. The summed E-state index contributed by atoms with van der Waals surface area (Å²) in [5.74, 6) is -0.354. The number of ether oxygens (including phenoxy) is 2. The van der Waals surface area contributed by atoms with E-state index in [2.05, 4.69) is 15.7 Å². The normalized spacial score (nSPS) is 19.6. The van der Waals surface area contributed by atoms with Crippen LogP contribution in [0.2, 0.25) is 5.02 Å². The second-order valence-electron chi connectivity index (χ2n) is 6.80. The number of fused-ring (bicyclic) bond motifs is 1. The molecule has 0 aliphatic carbocycles. The molecule has 0 bridgehead atoms. The van der Waals surface area contributed by atoms with Gasteiger partial charge >= 0.3 is 0 Å². The number of amides is 3. The van der Waals surface area contributed by atoms with Crippen LogP contribution >= 0.6 is 11.6 Å². The van der Waals surface area contributed by atoms with Gasteiger partial charge in [0, 0.05) is 5.69 Å². The summed E-state index contributed by atoms with van der Waals surface area (Å²) < 4.78 is 10.2. The molecular weight excluding hydrogens is 426 g/mol. The Balaban J connectivity index is 1.46. The van der Waals surface area contributed by atoms with Crippen LogP contribution < -0.4 is 19.7 Å². The van der Waals surface area contributed by atoms with Gasteiger partial charge in [-0.05, 0) is 42.5 Å². The summed E-state index contributed by atoms with van der Waals surface area (Å²) in [6.45, 7) is -0.260. The molecule has 2 aliphatic rings. The van der Waals surface area contributed by atoms with E-state index in [-0.39, 0.29) is 6.54 Å². The molecule has 2 heterocycles. The predicted molar refractivity (Wildman–Crippen MR) is 111 cm³/mol. The average molecular weight is 444 g/mol. The van der Waals surface area contributed by atoms with Crippen molar-refractivity contribution in [2.75, 3.05) is 31.0 Å². The molecule has 0 radical (unpaired) electrons. The number of hydrogen-bond donors (Lipinski definition) is 1. The molecule has 11 heteroatoms. The van der Waals surface area contributed by atoms with Gasteiger partial charge in [-0.1, -0.05) is 16.8 Å². The topological polar surface area (TPSA) is 113 Å². The molecule has 0 aromatic heterocycles. The first-order valence-corrected chi connectivity index (χ1v) is 9.63. The number of imide groups is 1. The van der Waals surface area contributed by atoms with Crippen molar-refractivity contribution in [3.63, 3.8) is 0 Å². The molecule has 1 saturated heterocycles. The molecule has 2 atom stereocenters. The minimum atomic E-state index is -0.988. The predicted octanol–water partition coefficient (Wildman–Crippen LogP) is 2.29. The van der Waals surface area contributed by atoms with E-state index in [9.17, 15) is 14.4 Å². The standard InChI is InChI=1S/C20H18ClN5O5/c1-30-13-6-4-12(5-7-13)26-19(28)17-18(20(26)29)25(24-23-17)10-16(27)22-11-3-8-15(31-2)14(21)9-11/h3-9,17-18H,10H2,1-2H3,(H,22,27)/t17-,18-/m1/s1. The van der Waals surface area contributed by atoms with Crippen LogP contribution in [-0.4, -0.2) is 55.6 Å². The highest BCUT2D eigenvalue weighted by atomic mass is 35.5. The molecule has 2 aliphatic heterocycles. The molecule has 0 saturated carbocycles. The summed E-state index contributed by atoms with van der Waals surface area (Å²) in [6.07, 6.45) is 0. The average Bonchev–Trinajstić information content (AvgIpc) is 3.28. The number of carbonyl (C=O) groups excluding carboxylic acids is 3. The van der Waals surface area contributed by atoms with E-state index in [1.807, 2.05) is 0 Å². The van der Waals surface area contributed by atoms with E-state index >= 15 is 0 Å². The Labute approximate surface area is 182 Å². The van der Waals surface area contributed by atoms with Gasteiger partial charge < -0.3 is 14.8 Å². The van der Waals surface area contributed by atoms with E-state index in [1.165, 1.54) is 19.2 Å². The van der Waals surface area contributed by atoms with Crippen molar-refractivity contribution in [2.24, 2.45) is 10.3 Å². The Morgan fingerprint density at radius 3 is 2.48 bits per heavy atom. The number of methoxy groups -OCH3 is 2. The number of halogens is 1. The van der Waals surface area contributed by atoms with Crippen LogP contribution in [0, 0.1) is 0 Å². The minimum absolute atomic E-state index is 0.260. The number of carbonyl (C=O) groups is 3. The summed E-state index contributed by atoms with van der Waals surface area (Å²) >= 11 is 6.07. The van der Waals surface area contributed by atoms with Crippen LogP contribution in [0.15, 0.2) is 52.8 Å². The van der Waals surface area contributed by atoms with Gasteiger partial charge in [-0.2, -0.15) is 5.11 Å². The summed E-state index contributed by atoms with van der Waals surface area (Å²) in [6, 6.07) is 9.35. The quantitative estimate of drug-likeness (QED) is 0.685. The van der Waals surface area contributed by atoms with Crippen LogP contribution in [0.4, 0.5) is 11.4 Å². The lowest BCUT2D eigenvalue weighted by Crippen LogP contribution is -2.43. The second kappa shape index (κ2) is 8.23. The molecule has 1 fully saturated rings. The van der Waals surface area contributed by atoms with Crippen molar-refractivity contribution in [2.45, 2.75) is 12.1 Å². The number of nitrogens with zero attached hydrogens (tertiary/aromatic N) is 4. The first kappa shape index (κ1) is 20.6. The maximum atomic E-state index is 13.0. The van der Waals surface area contributed by atoms with Crippen LogP contribution in [0.25, 0.3) is 0 Å². The second-order valence-corrected chi connectivity index (χ2v) is 7.21. The molecule has 10 nitrogen and oxygen atoms in total. The number of hydrogen-bond acceptors (Lipinski definition) is 8. The Bertz CT molecular complexity index is 1070. The Kier molecular flexibility index (Phi) is 5.47. The van der Waals surface area contributed by atoms with Gasteiger partial charge in [0.25, 0.3) is 11.8 Å². The van der Waals surface area contributed by atoms with E-state index in [0.29, 0.717) is 27.9 Å². The molecule has 4 rings (SSSR count). The smallest absolute Gasteiger partial charge is 0.263 e. The number of rotatable bonds is 6. The van der Waals surface area contributed by atoms with Crippen LogP contribution in [-0.2, 0) is 14.4 Å². The van der Waals surface area contributed by atoms with Crippen molar-refractivity contribution in [3.8, 4) is 11.5 Å². The lowest BCUT2D eigenvalue weighted by molar-refractivity contribution is -0.123. The number of benzene rings is 2. The van der Waals surface area contributed by atoms with Gasteiger partial charge in [0.15, 0.2) is 12.1 Å². The third-order valence-corrected chi connectivity index (χ3v) is 5.23. The van der Waals surface area contributed by atoms with Gasteiger partial charge in [-0.25, -0.2) is 4.90 Å². The summed E-state index contributed by atoms with van der Waals surface area (Å²) in [7, 11) is 3.01. The maximum Gasteiger partial charge on any atom is 0.263 e. The van der Waals surface area contributed by atoms with Crippen molar-refractivity contribution < 1.29 is 23.9 Å². The summed E-state index contributed by atoms with van der Waals surface area (Å²) in [5, 5.41) is 12.0. The van der Waals surface area contributed by atoms with E-state index in [4.69, 9.17) is 21.1 Å². The lowest BCUT2D eigenvalue weighted by atomic mass is 10.1. The van der Waals surface area contributed by atoms with Crippen LogP contribution in [0.1, 0.15) is 0 Å². The summed E-state index contributed by atoms with van der Waals surface area (Å²) in [5.41, 5.74) is 0.856. The lowest BCUT2D eigenvalue weighted by Gasteiger charge is -2.20. The fourth-order valence-electron chi connectivity index (χ4n) is 3.43. The van der Waals surface area contributed by atoms with Gasteiger partial charge in [0.05, 0.1) is 24.9 Å². The fraction of sp³-hybridized carbons (Fsp3) is 0.250. The Morgan fingerprint density at radius 1 is 1.10 bits per heavy atom. The van der Waals surface area contributed by atoms with E-state index < -0.39 is 29.8 Å². The first-order valence-electron chi connectivity index (χ1n) is 9.25. The SMILES string of the molecule is COc1ccc(N2C(=O)[C@@H]3N=NN(CC(=O)Nc4ccc(OC)c(Cl)c4)[C@H]3C2=O)cc1. The van der Waals surface area contributed by atoms with Gasteiger partial charge in [-0.15, -0.1) is 0 Å². The molecule has 2 aromatic carbocycles. The minimum Gasteiger partial charge on any atom is -0.497 e. The molecule has 0 unspecified atom stereocenters. The molecule has 2 aromatic rings. The van der Waals surface area contributed by atoms with Crippen molar-refractivity contribution in [1.29, 1.82) is 0 Å². The highest BCUT2D eigenvalue weighted by molar-refractivity contribution is 6.32. The third kappa shape index (κ3) is 3.77. The van der Waals surface area contributed by atoms with Crippen LogP contribution in [0.5, 0.6) is 11.5 Å². The third-order valence-electron chi connectivity index (χ3n) is 4.93. The zero-order valence-corrected chi connectivity index (χ0v) is 17.4. The fourth-order valence-corrected chi connectivity index (χ4v) is 3.69. The number of anilines is 2. The molecule has 160 valence electrons. The van der Waals surface area contributed by atoms with Gasteiger partial charge in [0.2, 0.25) is 5.91 Å².